The highest BCUT2D eigenvalue weighted by molar-refractivity contribution is 5.97. The van der Waals surface area contributed by atoms with Gasteiger partial charge in [0.2, 0.25) is 0 Å². The minimum absolute atomic E-state index is 0.175. The fraction of sp³-hybridized carbons (Fsp3) is 0.571. The Kier molecular flexibility index (Phi) is 4.60. The quantitative estimate of drug-likeness (QED) is 0.710. The summed E-state index contributed by atoms with van der Waals surface area (Å²) in [5.41, 5.74) is 7.61. The number of anilines is 1. The number of nitrogens with zero attached hydrogens (tertiary/aromatic N) is 1. The van der Waals surface area contributed by atoms with Crippen molar-refractivity contribution < 1.29 is 4.79 Å². The van der Waals surface area contributed by atoms with Gasteiger partial charge in [-0.2, -0.15) is 5.10 Å². The lowest BCUT2D eigenvalue weighted by molar-refractivity contribution is 0.0942. The van der Waals surface area contributed by atoms with Crippen LogP contribution in [0, 0.1) is 5.92 Å². The molecule has 1 amide bonds. The number of aromatic amines is 1. The number of carbonyl (C=O) groups is 1. The highest BCUT2D eigenvalue weighted by Gasteiger charge is 2.18. The van der Waals surface area contributed by atoms with Crippen molar-refractivity contribution >= 4 is 11.6 Å². The molecule has 1 atom stereocenters. The SMILES string of the molecule is CCCc1[nH]nc(C(=O)NCC2CC=CCC2)c1N. The molecule has 0 spiro atoms. The monoisotopic (exact) mass is 262 g/mol. The van der Waals surface area contributed by atoms with E-state index in [0.29, 0.717) is 23.8 Å². The molecule has 5 nitrogen and oxygen atoms in total. The first-order valence-corrected chi connectivity index (χ1v) is 6.98. The van der Waals surface area contributed by atoms with Crippen molar-refractivity contribution in [2.24, 2.45) is 5.92 Å². The van der Waals surface area contributed by atoms with Crippen LogP contribution in [0.15, 0.2) is 12.2 Å². The van der Waals surface area contributed by atoms with Gasteiger partial charge in [0.1, 0.15) is 0 Å². The van der Waals surface area contributed by atoms with Gasteiger partial charge in [0.25, 0.3) is 5.91 Å². The van der Waals surface area contributed by atoms with Gasteiger partial charge < -0.3 is 11.1 Å². The molecule has 4 N–H and O–H groups in total. The van der Waals surface area contributed by atoms with Crippen LogP contribution in [0.4, 0.5) is 5.69 Å². The van der Waals surface area contributed by atoms with E-state index < -0.39 is 0 Å². The van der Waals surface area contributed by atoms with Gasteiger partial charge in [0, 0.05) is 6.54 Å². The normalized spacial score (nSPS) is 18.5. The van der Waals surface area contributed by atoms with E-state index in [1.165, 1.54) is 0 Å². The summed E-state index contributed by atoms with van der Waals surface area (Å²) in [7, 11) is 0. The number of H-pyrrole nitrogens is 1. The van der Waals surface area contributed by atoms with Crippen LogP contribution in [-0.2, 0) is 6.42 Å². The van der Waals surface area contributed by atoms with Crippen molar-refractivity contribution in [1.29, 1.82) is 0 Å². The molecule has 1 unspecified atom stereocenters. The standard InChI is InChI=1S/C14H22N4O/c1-2-6-11-12(15)13(18-17-11)14(19)16-9-10-7-4-3-5-8-10/h3-4,10H,2,5-9,15H2,1H3,(H,16,19)(H,17,18). The summed E-state index contributed by atoms with van der Waals surface area (Å²) in [5.74, 6) is 0.356. The maximum atomic E-state index is 12.0. The second-order valence-corrected chi connectivity index (χ2v) is 5.07. The number of nitrogen functional groups attached to an aromatic ring is 1. The van der Waals surface area contributed by atoms with E-state index in [4.69, 9.17) is 5.73 Å². The Bertz CT molecular complexity index is 464. The van der Waals surface area contributed by atoms with Crippen LogP contribution in [0.5, 0.6) is 0 Å². The Balaban J connectivity index is 1.90. The first-order valence-electron chi connectivity index (χ1n) is 6.98. The largest absolute Gasteiger partial charge is 0.395 e. The lowest BCUT2D eigenvalue weighted by atomic mass is 9.94. The molecule has 1 aromatic heterocycles. The van der Waals surface area contributed by atoms with Gasteiger partial charge in [0.15, 0.2) is 5.69 Å². The van der Waals surface area contributed by atoms with E-state index in [9.17, 15) is 4.79 Å². The molecule has 1 heterocycles. The summed E-state index contributed by atoms with van der Waals surface area (Å²) in [5, 5.41) is 9.80. The molecule has 1 aromatic rings. The number of aryl methyl sites for hydroxylation is 1. The molecular weight excluding hydrogens is 240 g/mol. The van der Waals surface area contributed by atoms with Crippen LogP contribution in [0.25, 0.3) is 0 Å². The van der Waals surface area contributed by atoms with Crippen LogP contribution < -0.4 is 11.1 Å². The fourth-order valence-electron chi connectivity index (χ4n) is 2.36. The van der Waals surface area contributed by atoms with Crippen molar-refractivity contribution in [3.05, 3.63) is 23.5 Å². The van der Waals surface area contributed by atoms with Crippen molar-refractivity contribution in [2.75, 3.05) is 12.3 Å². The molecule has 0 saturated heterocycles. The molecule has 5 heteroatoms. The number of rotatable bonds is 5. The second kappa shape index (κ2) is 6.41. The first-order chi connectivity index (χ1) is 9.22. The molecule has 0 radical (unpaired) electrons. The molecule has 0 fully saturated rings. The number of amides is 1. The topological polar surface area (TPSA) is 83.8 Å². The van der Waals surface area contributed by atoms with Crippen molar-refractivity contribution in [2.45, 2.75) is 39.0 Å². The lowest BCUT2D eigenvalue weighted by Gasteiger charge is -2.17. The highest BCUT2D eigenvalue weighted by atomic mass is 16.1. The molecule has 1 aliphatic rings. The zero-order valence-corrected chi connectivity index (χ0v) is 11.4. The van der Waals surface area contributed by atoms with E-state index in [-0.39, 0.29) is 5.91 Å². The molecule has 0 aliphatic heterocycles. The van der Waals surface area contributed by atoms with E-state index in [0.717, 1.165) is 37.8 Å². The number of nitrogens with one attached hydrogen (secondary N) is 2. The molecular formula is C14H22N4O. The zero-order valence-electron chi connectivity index (χ0n) is 11.4. The number of hydrogen-bond donors (Lipinski definition) is 3. The van der Waals surface area contributed by atoms with Crippen LogP contribution in [-0.4, -0.2) is 22.6 Å². The van der Waals surface area contributed by atoms with E-state index >= 15 is 0 Å². The third-order valence-electron chi connectivity index (χ3n) is 3.53. The van der Waals surface area contributed by atoms with E-state index in [1.807, 2.05) is 0 Å². The number of nitrogens with two attached hydrogens (primary N) is 1. The molecule has 104 valence electrons. The van der Waals surface area contributed by atoms with E-state index in [1.54, 1.807) is 0 Å². The molecule has 19 heavy (non-hydrogen) atoms. The third kappa shape index (κ3) is 3.36. The van der Waals surface area contributed by atoms with Gasteiger partial charge in [-0.25, -0.2) is 0 Å². The highest BCUT2D eigenvalue weighted by Crippen LogP contribution is 2.18. The summed E-state index contributed by atoms with van der Waals surface area (Å²) in [6.45, 7) is 2.76. The average molecular weight is 262 g/mol. The van der Waals surface area contributed by atoms with Gasteiger partial charge in [-0.1, -0.05) is 25.5 Å². The number of allylic oxidation sites excluding steroid dienone is 2. The summed E-state index contributed by atoms with van der Waals surface area (Å²) in [4.78, 5) is 12.0. The Morgan fingerprint density at radius 3 is 3.11 bits per heavy atom. The summed E-state index contributed by atoms with van der Waals surface area (Å²) in [6, 6.07) is 0. The third-order valence-corrected chi connectivity index (χ3v) is 3.53. The minimum Gasteiger partial charge on any atom is -0.395 e. The fourth-order valence-corrected chi connectivity index (χ4v) is 2.36. The van der Waals surface area contributed by atoms with Crippen LogP contribution in [0.3, 0.4) is 0 Å². The summed E-state index contributed by atoms with van der Waals surface area (Å²) >= 11 is 0. The Morgan fingerprint density at radius 2 is 2.42 bits per heavy atom. The van der Waals surface area contributed by atoms with Crippen molar-refractivity contribution in [3.8, 4) is 0 Å². The number of aromatic nitrogens is 2. The summed E-state index contributed by atoms with van der Waals surface area (Å²) < 4.78 is 0. The lowest BCUT2D eigenvalue weighted by Crippen LogP contribution is -2.30. The van der Waals surface area contributed by atoms with Crippen molar-refractivity contribution in [3.63, 3.8) is 0 Å². The molecule has 0 bridgehead atoms. The van der Waals surface area contributed by atoms with Gasteiger partial charge in [0.05, 0.1) is 11.4 Å². The van der Waals surface area contributed by atoms with Gasteiger partial charge in [-0.15, -0.1) is 0 Å². The predicted molar refractivity (Wildman–Crippen MR) is 75.8 cm³/mol. The molecule has 0 saturated carbocycles. The van der Waals surface area contributed by atoms with Crippen molar-refractivity contribution in [1.82, 2.24) is 15.5 Å². The molecule has 1 aliphatic carbocycles. The zero-order chi connectivity index (χ0) is 13.7. The maximum Gasteiger partial charge on any atom is 0.273 e. The molecule has 0 aromatic carbocycles. The van der Waals surface area contributed by atoms with Gasteiger partial charge in [-0.3, -0.25) is 9.89 Å². The number of hydrogen-bond acceptors (Lipinski definition) is 3. The maximum absolute atomic E-state index is 12.0. The Labute approximate surface area is 113 Å². The predicted octanol–water partition coefficient (Wildman–Crippen LogP) is 2.03. The van der Waals surface area contributed by atoms with E-state index in [2.05, 4.69) is 34.6 Å². The molecule has 2 rings (SSSR count). The van der Waals surface area contributed by atoms with Crippen LogP contribution in [0.1, 0.15) is 48.8 Å². The van der Waals surface area contributed by atoms with Gasteiger partial charge in [-0.05, 0) is 31.6 Å². The van der Waals surface area contributed by atoms with Crippen LogP contribution >= 0.6 is 0 Å². The van der Waals surface area contributed by atoms with Crippen LogP contribution in [0.2, 0.25) is 0 Å². The smallest absolute Gasteiger partial charge is 0.273 e. The summed E-state index contributed by atoms with van der Waals surface area (Å²) in [6.07, 6.45) is 9.45. The minimum atomic E-state index is -0.175. The first kappa shape index (κ1) is 13.6. The Morgan fingerprint density at radius 1 is 1.58 bits per heavy atom. The Hall–Kier alpha value is -1.78. The van der Waals surface area contributed by atoms with Gasteiger partial charge >= 0.3 is 0 Å². The second-order valence-electron chi connectivity index (χ2n) is 5.07. The number of carbonyl (C=O) groups excluding carboxylic acids is 1. The average Bonchev–Trinajstić information content (AvgIpc) is 2.79.